The molecule has 1 atom stereocenters. The molecule has 1 unspecified atom stereocenters. The van der Waals surface area contributed by atoms with Crippen molar-refractivity contribution < 1.29 is 24.5 Å². The van der Waals surface area contributed by atoms with Gasteiger partial charge in [0.1, 0.15) is 5.76 Å². The van der Waals surface area contributed by atoms with E-state index >= 15 is 0 Å². The average Bonchev–Trinajstić information content (AvgIpc) is 3.08. The molecule has 7 heteroatoms. The molecule has 180 valence electrons. The maximum atomic E-state index is 13.3. The summed E-state index contributed by atoms with van der Waals surface area (Å²) in [6.07, 6.45) is 0. The van der Waals surface area contributed by atoms with Crippen molar-refractivity contribution in [3.05, 3.63) is 99.1 Å². The maximum absolute atomic E-state index is 13.3. The number of carbonyl (C=O) groups is 2. The van der Waals surface area contributed by atoms with E-state index in [1.807, 2.05) is 32.0 Å². The standard InChI is InChI=1S/C28H26ClNO5/c1-4-35-23-14-19(9-12-22(23)31)25-24(26(32)18-7-10-21(29)11-8-18)27(33)28(34)30(25)15-20-13-16(2)5-6-17(20)3/h5-14,25,31-32H,4,15H2,1-3H3/b26-24-. The van der Waals surface area contributed by atoms with Crippen LogP contribution in [0.5, 0.6) is 11.5 Å². The highest BCUT2D eigenvalue weighted by Crippen LogP contribution is 2.42. The topological polar surface area (TPSA) is 87.1 Å². The molecule has 0 spiro atoms. The highest BCUT2D eigenvalue weighted by Gasteiger charge is 2.46. The lowest BCUT2D eigenvalue weighted by molar-refractivity contribution is -0.140. The summed E-state index contributed by atoms with van der Waals surface area (Å²) in [4.78, 5) is 28.0. The second-order valence-corrected chi connectivity index (χ2v) is 8.96. The summed E-state index contributed by atoms with van der Waals surface area (Å²) in [6.45, 7) is 6.19. The van der Waals surface area contributed by atoms with E-state index in [4.69, 9.17) is 16.3 Å². The van der Waals surface area contributed by atoms with Crippen LogP contribution in [0.2, 0.25) is 5.02 Å². The molecule has 3 aromatic rings. The number of aliphatic hydroxyl groups is 1. The van der Waals surface area contributed by atoms with Crippen molar-refractivity contribution >= 4 is 29.1 Å². The molecule has 1 fully saturated rings. The number of halogens is 1. The number of aliphatic hydroxyl groups excluding tert-OH is 1. The van der Waals surface area contributed by atoms with Gasteiger partial charge in [-0.2, -0.15) is 0 Å². The Hall–Kier alpha value is -3.77. The van der Waals surface area contributed by atoms with Crippen LogP contribution < -0.4 is 4.74 Å². The summed E-state index contributed by atoms with van der Waals surface area (Å²) in [5.74, 6) is -1.61. The molecule has 1 heterocycles. The number of rotatable bonds is 6. The number of ether oxygens (including phenoxy) is 1. The van der Waals surface area contributed by atoms with Crippen LogP contribution in [-0.2, 0) is 16.1 Å². The lowest BCUT2D eigenvalue weighted by Crippen LogP contribution is -2.29. The molecular formula is C28H26ClNO5. The largest absolute Gasteiger partial charge is 0.507 e. The second-order valence-electron chi connectivity index (χ2n) is 8.52. The van der Waals surface area contributed by atoms with E-state index in [0.29, 0.717) is 22.8 Å². The van der Waals surface area contributed by atoms with Gasteiger partial charge < -0.3 is 19.8 Å². The maximum Gasteiger partial charge on any atom is 0.295 e. The number of aryl methyl sites for hydroxylation is 2. The van der Waals surface area contributed by atoms with Crippen LogP contribution >= 0.6 is 11.6 Å². The Morgan fingerprint density at radius 3 is 2.43 bits per heavy atom. The highest BCUT2D eigenvalue weighted by atomic mass is 35.5. The van der Waals surface area contributed by atoms with Gasteiger partial charge in [-0.05, 0) is 73.9 Å². The van der Waals surface area contributed by atoms with Crippen LogP contribution in [0, 0.1) is 13.8 Å². The summed E-state index contributed by atoms with van der Waals surface area (Å²) in [6, 6.07) is 16.1. The SMILES string of the molecule is CCOc1cc(C2/C(=C(/O)c3ccc(Cl)cc3)C(=O)C(=O)N2Cc2cc(C)ccc2C)ccc1O. The molecule has 35 heavy (non-hydrogen) atoms. The smallest absolute Gasteiger partial charge is 0.295 e. The Morgan fingerprint density at radius 1 is 1.03 bits per heavy atom. The zero-order chi connectivity index (χ0) is 25.3. The third-order valence-corrected chi connectivity index (χ3v) is 6.35. The number of carbonyl (C=O) groups excluding carboxylic acids is 2. The summed E-state index contributed by atoms with van der Waals surface area (Å²) in [5.41, 5.74) is 3.78. The number of nitrogens with zero attached hydrogens (tertiary/aromatic N) is 1. The predicted molar refractivity (Wildman–Crippen MR) is 134 cm³/mol. The highest BCUT2D eigenvalue weighted by molar-refractivity contribution is 6.46. The molecule has 0 bridgehead atoms. The summed E-state index contributed by atoms with van der Waals surface area (Å²) in [7, 11) is 0. The molecule has 1 amide bonds. The molecule has 0 radical (unpaired) electrons. The number of ketones is 1. The molecule has 1 saturated heterocycles. The normalized spacial score (nSPS) is 17.1. The van der Waals surface area contributed by atoms with Gasteiger partial charge in [-0.25, -0.2) is 0 Å². The van der Waals surface area contributed by atoms with E-state index in [-0.39, 0.29) is 29.4 Å². The molecule has 4 rings (SSSR count). The van der Waals surface area contributed by atoms with Crippen LogP contribution in [0.4, 0.5) is 0 Å². The van der Waals surface area contributed by atoms with Crippen molar-refractivity contribution in [1.29, 1.82) is 0 Å². The quantitative estimate of drug-likeness (QED) is 0.263. The minimum atomic E-state index is -0.884. The van der Waals surface area contributed by atoms with E-state index in [0.717, 1.165) is 16.7 Å². The first-order valence-electron chi connectivity index (χ1n) is 11.3. The molecule has 3 aromatic carbocycles. The predicted octanol–water partition coefficient (Wildman–Crippen LogP) is 5.68. The molecule has 0 aliphatic carbocycles. The van der Waals surface area contributed by atoms with Gasteiger partial charge in [0.25, 0.3) is 11.7 Å². The van der Waals surface area contributed by atoms with E-state index < -0.39 is 17.7 Å². The molecule has 6 nitrogen and oxygen atoms in total. The van der Waals surface area contributed by atoms with Crippen molar-refractivity contribution in [3.8, 4) is 11.5 Å². The third kappa shape index (κ3) is 4.75. The Kier molecular flexibility index (Phi) is 6.85. The Labute approximate surface area is 209 Å². The van der Waals surface area contributed by atoms with Crippen molar-refractivity contribution in [2.75, 3.05) is 6.61 Å². The summed E-state index contributed by atoms with van der Waals surface area (Å²) < 4.78 is 5.54. The Bertz CT molecular complexity index is 1330. The molecule has 2 N–H and O–H groups in total. The van der Waals surface area contributed by atoms with Crippen molar-refractivity contribution in [1.82, 2.24) is 4.90 Å². The first kappa shape index (κ1) is 24.4. The molecule has 1 aliphatic rings. The van der Waals surface area contributed by atoms with Crippen LogP contribution in [0.1, 0.15) is 40.8 Å². The van der Waals surface area contributed by atoms with E-state index in [2.05, 4.69) is 0 Å². The van der Waals surface area contributed by atoms with Gasteiger partial charge in [-0.1, -0.05) is 41.4 Å². The van der Waals surface area contributed by atoms with Gasteiger partial charge in [0, 0.05) is 17.1 Å². The zero-order valence-electron chi connectivity index (χ0n) is 19.7. The molecule has 0 aromatic heterocycles. The van der Waals surface area contributed by atoms with Crippen molar-refractivity contribution in [2.45, 2.75) is 33.4 Å². The first-order valence-corrected chi connectivity index (χ1v) is 11.6. The Balaban J connectivity index is 1.90. The lowest BCUT2D eigenvalue weighted by atomic mass is 9.94. The number of aromatic hydroxyl groups is 1. The molecule has 1 aliphatic heterocycles. The van der Waals surface area contributed by atoms with E-state index in [1.165, 1.54) is 11.0 Å². The number of amides is 1. The third-order valence-electron chi connectivity index (χ3n) is 6.10. The second kappa shape index (κ2) is 9.84. The van der Waals surface area contributed by atoms with Crippen LogP contribution in [0.3, 0.4) is 0 Å². The number of phenols is 1. The van der Waals surface area contributed by atoms with E-state index in [1.54, 1.807) is 43.3 Å². The number of phenolic OH excluding ortho intramolecular Hbond substituents is 1. The van der Waals surface area contributed by atoms with Crippen LogP contribution in [0.15, 0.2) is 66.2 Å². The van der Waals surface area contributed by atoms with Gasteiger partial charge in [0.05, 0.1) is 18.2 Å². The fourth-order valence-electron chi connectivity index (χ4n) is 4.28. The van der Waals surface area contributed by atoms with Gasteiger partial charge in [0.2, 0.25) is 0 Å². The number of hydrogen-bond acceptors (Lipinski definition) is 5. The average molecular weight is 492 g/mol. The first-order chi connectivity index (χ1) is 16.7. The van der Waals surface area contributed by atoms with Crippen LogP contribution in [-0.4, -0.2) is 33.4 Å². The molecular weight excluding hydrogens is 466 g/mol. The Morgan fingerprint density at radius 2 is 1.74 bits per heavy atom. The summed E-state index contributed by atoms with van der Waals surface area (Å²) >= 11 is 5.99. The lowest BCUT2D eigenvalue weighted by Gasteiger charge is -2.26. The monoisotopic (exact) mass is 491 g/mol. The number of Topliss-reactive ketones (excluding diaryl/α,β-unsaturated/α-hetero) is 1. The van der Waals surface area contributed by atoms with Gasteiger partial charge in [-0.15, -0.1) is 0 Å². The fraction of sp³-hybridized carbons (Fsp3) is 0.214. The minimum Gasteiger partial charge on any atom is -0.507 e. The van der Waals surface area contributed by atoms with Gasteiger partial charge >= 0.3 is 0 Å². The van der Waals surface area contributed by atoms with Crippen LogP contribution in [0.25, 0.3) is 5.76 Å². The number of likely N-dealkylation sites (tertiary alicyclic amines) is 1. The minimum absolute atomic E-state index is 0.0317. The number of benzene rings is 3. The zero-order valence-corrected chi connectivity index (χ0v) is 20.5. The summed E-state index contributed by atoms with van der Waals surface area (Å²) in [5, 5.41) is 21.9. The van der Waals surface area contributed by atoms with Gasteiger partial charge in [-0.3, -0.25) is 9.59 Å². The fourth-order valence-corrected chi connectivity index (χ4v) is 4.40. The number of hydrogen-bond donors (Lipinski definition) is 2. The van der Waals surface area contributed by atoms with Gasteiger partial charge in [0.15, 0.2) is 11.5 Å². The molecule has 0 saturated carbocycles. The van der Waals surface area contributed by atoms with Crippen molar-refractivity contribution in [2.24, 2.45) is 0 Å². The van der Waals surface area contributed by atoms with E-state index in [9.17, 15) is 19.8 Å². The van der Waals surface area contributed by atoms with Crippen molar-refractivity contribution in [3.63, 3.8) is 0 Å².